The number of amides is 1. The van der Waals surface area contributed by atoms with Crippen molar-refractivity contribution < 1.29 is 13.9 Å². The minimum absolute atomic E-state index is 0.00224. The predicted octanol–water partition coefficient (Wildman–Crippen LogP) is 4.82. The van der Waals surface area contributed by atoms with Gasteiger partial charge in [-0.3, -0.25) is 9.79 Å². The highest BCUT2D eigenvalue weighted by molar-refractivity contribution is 6.11. The van der Waals surface area contributed by atoms with Gasteiger partial charge in [0, 0.05) is 41.1 Å². The summed E-state index contributed by atoms with van der Waals surface area (Å²) in [5.41, 5.74) is 8.27. The normalized spacial score (nSPS) is 21.3. The Labute approximate surface area is 206 Å². The second-order valence-electron chi connectivity index (χ2n) is 9.73. The van der Waals surface area contributed by atoms with Gasteiger partial charge in [0.25, 0.3) is 0 Å². The highest BCUT2D eigenvalue weighted by atomic mass is 19.1. The molecule has 2 aliphatic heterocycles. The van der Waals surface area contributed by atoms with Gasteiger partial charge in [-0.05, 0) is 76.7 Å². The summed E-state index contributed by atoms with van der Waals surface area (Å²) >= 11 is 0. The Bertz CT molecular complexity index is 1140. The van der Waals surface area contributed by atoms with Crippen LogP contribution in [-0.4, -0.2) is 37.3 Å². The summed E-state index contributed by atoms with van der Waals surface area (Å²) < 4.78 is 22.2. The van der Waals surface area contributed by atoms with Gasteiger partial charge >= 0.3 is 0 Å². The van der Waals surface area contributed by atoms with E-state index in [0.717, 1.165) is 45.2 Å². The molecule has 7 heteroatoms. The van der Waals surface area contributed by atoms with E-state index in [1.54, 1.807) is 11.1 Å². The second kappa shape index (κ2) is 10.2. The van der Waals surface area contributed by atoms with Crippen LogP contribution in [-0.2, 0) is 11.2 Å². The van der Waals surface area contributed by atoms with Crippen molar-refractivity contribution in [3.8, 4) is 11.5 Å². The molecule has 1 aliphatic carbocycles. The van der Waals surface area contributed by atoms with E-state index in [0.29, 0.717) is 40.3 Å². The Balaban J connectivity index is 1.60. The number of nitrogens with one attached hydrogen (secondary N) is 1. The number of carbonyl (C=O) groups is 1. The van der Waals surface area contributed by atoms with Crippen LogP contribution in [0.3, 0.4) is 0 Å². The van der Waals surface area contributed by atoms with Crippen molar-refractivity contribution in [3.05, 3.63) is 59.5 Å². The van der Waals surface area contributed by atoms with Gasteiger partial charge in [0.1, 0.15) is 17.3 Å². The van der Waals surface area contributed by atoms with E-state index < -0.39 is 5.82 Å². The molecule has 1 saturated heterocycles. The number of halogens is 1. The number of ether oxygens (including phenoxy) is 1. The van der Waals surface area contributed by atoms with Crippen molar-refractivity contribution in [1.82, 2.24) is 5.32 Å². The van der Waals surface area contributed by atoms with Gasteiger partial charge in [0.15, 0.2) is 0 Å². The van der Waals surface area contributed by atoms with Crippen LogP contribution >= 0.6 is 0 Å². The summed E-state index contributed by atoms with van der Waals surface area (Å²) in [6.07, 6.45) is 8.21. The Hall–Kier alpha value is -3.19. The molecule has 3 aliphatic rings. The molecule has 0 radical (unpaired) electrons. The first-order chi connectivity index (χ1) is 17.1. The topological polar surface area (TPSA) is 80.0 Å². The Morgan fingerprint density at radius 3 is 2.60 bits per heavy atom. The van der Waals surface area contributed by atoms with E-state index in [9.17, 15) is 4.79 Å². The number of nitrogens with two attached hydrogens (primary N) is 1. The number of hydrogen-bond acceptors (Lipinski definition) is 5. The SMILES string of the molecule is CC1CCc2c(Oc3ccccc3)c(C(C=NC3CCNCC3)=CN)cc(F)c2N1C(=O)C1CC1. The van der Waals surface area contributed by atoms with E-state index in [-0.39, 0.29) is 23.9 Å². The van der Waals surface area contributed by atoms with Crippen molar-refractivity contribution in [3.63, 3.8) is 0 Å². The average molecular weight is 477 g/mol. The lowest BCUT2D eigenvalue weighted by molar-refractivity contribution is -0.120. The maximum Gasteiger partial charge on any atom is 0.230 e. The maximum absolute atomic E-state index is 15.8. The Kier molecular flexibility index (Phi) is 6.86. The largest absolute Gasteiger partial charge is 0.456 e. The third kappa shape index (κ3) is 4.96. The van der Waals surface area contributed by atoms with Gasteiger partial charge in [0.05, 0.1) is 11.7 Å². The molecule has 35 heavy (non-hydrogen) atoms. The molecule has 6 nitrogen and oxygen atoms in total. The number of hydrogen-bond donors (Lipinski definition) is 2. The van der Waals surface area contributed by atoms with Crippen LogP contribution in [0.1, 0.15) is 50.2 Å². The summed E-state index contributed by atoms with van der Waals surface area (Å²) in [4.78, 5) is 19.6. The number of nitrogens with zero attached hydrogens (tertiary/aromatic N) is 2. The van der Waals surface area contributed by atoms with Crippen LogP contribution in [0.4, 0.5) is 10.1 Å². The molecule has 2 aromatic rings. The van der Waals surface area contributed by atoms with Crippen LogP contribution in [0.25, 0.3) is 5.57 Å². The van der Waals surface area contributed by atoms with Crippen molar-refractivity contribution in [2.45, 2.75) is 57.5 Å². The number of aliphatic imine (C=N–C) groups is 1. The van der Waals surface area contributed by atoms with E-state index >= 15 is 4.39 Å². The lowest BCUT2D eigenvalue weighted by Gasteiger charge is -2.37. The fourth-order valence-corrected chi connectivity index (χ4v) is 5.01. The zero-order chi connectivity index (χ0) is 24.4. The second-order valence-corrected chi connectivity index (χ2v) is 9.73. The highest BCUT2D eigenvalue weighted by Gasteiger charge is 2.41. The number of benzene rings is 2. The standard InChI is InChI=1S/C28H33FN4O2/c1-18-7-10-23-26(33(18)28(34)19-8-9-19)25(29)15-24(27(23)35-22-5-3-2-4-6-22)20(16-30)17-32-21-11-13-31-14-12-21/h2-6,15-19,21,31H,7-14,30H2,1H3. The number of piperidine rings is 1. The van der Waals surface area contributed by atoms with Gasteiger partial charge in [-0.25, -0.2) is 4.39 Å². The summed E-state index contributed by atoms with van der Waals surface area (Å²) in [6, 6.07) is 11.0. The van der Waals surface area contributed by atoms with E-state index in [4.69, 9.17) is 15.5 Å². The van der Waals surface area contributed by atoms with Crippen molar-refractivity contribution in [1.29, 1.82) is 0 Å². The molecule has 2 aromatic carbocycles. The quantitative estimate of drug-likeness (QED) is 0.586. The lowest BCUT2D eigenvalue weighted by atomic mass is 9.91. The van der Waals surface area contributed by atoms with Crippen LogP contribution in [0.5, 0.6) is 11.5 Å². The highest BCUT2D eigenvalue weighted by Crippen LogP contribution is 2.46. The fourth-order valence-electron chi connectivity index (χ4n) is 5.01. The Morgan fingerprint density at radius 2 is 1.91 bits per heavy atom. The fraction of sp³-hybridized carbons (Fsp3) is 0.429. The first kappa shape index (κ1) is 23.5. The maximum atomic E-state index is 15.8. The third-order valence-corrected chi connectivity index (χ3v) is 7.15. The molecule has 3 N–H and O–H groups in total. The molecule has 2 fully saturated rings. The van der Waals surface area contributed by atoms with Crippen molar-refractivity contribution in [2.75, 3.05) is 18.0 Å². The van der Waals surface area contributed by atoms with Crippen LogP contribution in [0.15, 0.2) is 47.6 Å². The Morgan fingerprint density at radius 1 is 1.17 bits per heavy atom. The molecule has 1 unspecified atom stereocenters. The van der Waals surface area contributed by atoms with Gasteiger partial charge in [-0.2, -0.15) is 0 Å². The molecule has 0 bridgehead atoms. The third-order valence-electron chi connectivity index (χ3n) is 7.15. The molecule has 1 amide bonds. The average Bonchev–Trinajstić information content (AvgIpc) is 3.73. The molecule has 1 saturated carbocycles. The van der Waals surface area contributed by atoms with Crippen LogP contribution in [0.2, 0.25) is 0 Å². The molecule has 0 spiro atoms. The smallest absolute Gasteiger partial charge is 0.230 e. The zero-order valence-corrected chi connectivity index (χ0v) is 20.2. The predicted molar refractivity (Wildman–Crippen MR) is 137 cm³/mol. The van der Waals surface area contributed by atoms with Crippen LogP contribution < -0.4 is 20.7 Å². The number of anilines is 1. The first-order valence-corrected chi connectivity index (χ1v) is 12.6. The molecule has 184 valence electrons. The molecule has 0 aromatic heterocycles. The lowest BCUT2D eigenvalue weighted by Crippen LogP contribution is -2.43. The summed E-state index contributed by atoms with van der Waals surface area (Å²) in [7, 11) is 0. The van der Waals surface area contributed by atoms with Crippen molar-refractivity contribution >= 4 is 23.4 Å². The van der Waals surface area contributed by atoms with Gasteiger partial charge in [-0.15, -0.1) is 0 Å². The zero-order valence-electron chi connectivity index (χ0n) is 20.2. The van der Waals surface area contributed by atoms with E-state index in [1.165, 1.54) is 12.3 Å². The number of fused-ring (bicyclic) bond motifs is 1. The van der Waals surface area contributed by atoms with Gasteiger partial charge in [-0.1, -0.05) is 18.2 Å². The first-order valence-electron chi connectivity index (χ1n) is 12.6. The van der Waals surface area contributed by atoms with E-state index in [1.807, 2.05) is 37.3 Å². The van der Waals surface area contributed by atoms with Crippen LogP contribution in [0, 0.1) is 11.7 Å². The minimum atomic E-state index is -0.425. The summed E-state index contributed by atoms with van der Waals surface area (Å²) in [6.45, 7) is 3.86. The van der Waals surface area contributed by atoms with Crippen molar-refractivity contribution in [2.24, 2.45) is 16.6 Å². The number of rotatable bonds is 6. The number of para-hydroxylation sites is 1. The number of allylic oxidation sites excluding steroid dienone is 1. The molecular formula is C28H33FN4O2. The molecule has 2 heterocycles. The molecule has 1 atom stereocenters. The monoisotopic (exact) mass is 476 g/mol. The number of carbonyl (C=O) groups excluding carboxylic acids is 1. The van der Waals surface area contributed by atoms with Gasteiger partial charge < -0.3 is 20.7 Å². The summed E-state index contributed by atoms with van der Waals surface area (Å²) in [5.74, 6) is 0.774. The molecule has 5 rings (SSSR count). The summed E-state index contributed by atoms with van der Waals surface area (Å²) in [5, 5.41) is 3.34. The van der Waals surface area contributed by atoms with Gasteiger partial charge in [0.2, 0.25) is 5.91 Å². The molecular weight excluding hydrogens is 443 g/mol. The van der Waals surface area contributed by atoms with E-state index in [2.05, 4.69) is 5.32 Å². The minimum Gasteiger partial charge on any atom is -0.456 e.